The number of rotatable bonds is 4. The Morgan fingerprint density at radius 2 is 2.10 bits per heavy atom. The van der Waals surface area contributed by atoms with Crippen LogP contribution < -0.4 is 5.32 Å². The molecule has 114 valence electrons. The first-order valence-corrected chi connectivity index (χ1v) is 7.09. The van der Waals surface area contributed by atoms with Crippen LogP contribution >= 0.6 is 15.9 Å². The molecule has 1 aromatic carbocycles. The molecule has 0 radical (unpaired) electrons. The fourth-order valence-electron chi connectivity index (χ4n) is 2.12. The molecule has 0 saturated heterocycles. The number of nitrogens with zero attached hydrogens (tertiary/aromatic N) is 3. The first kappa shape index (κ1) is 16.0. The molecule has 1 unspecified atom stereocenters. The summed E-state index contributed by atoms with van der Waals surface area (Å²) in [5.41, 5.74) is 0.517. The normalized spacial score (nSPS) is 13.4. The predicted octanol–water partition coefficient (Wildman–Crippen LogP) is 3.30. The molecule has 0 fully saturated rings. The van der Waals surface area contributed by atoms with Gasteiger partial charge in [0.15, 0.2) is 4.60 Å². The van der Waals surface area contributed by atoms with Gasteiger partial charge >= 0.3 is 6.18 Å². The Labute approximate surface area is 128 Å². The van der Waals surface area contributed by atoms with E-state index in [1.54, 1.807) is 13.1 Å². The molecular weight excluding hydrogens is 349 g/mol. The molecule has 0 aliphatic carbocycles. The van der Waals surface area contributed by atoms with E-state index in [0.717, 1.165) is 12.1 Å². The monoisotopic (exact) mass is 362 g/mol. The molecule has 2 rings (SSSR count). The first-order chi connectivity index (χ1) is 9.84. The summed E-state index contributed by atoms with van der Waals surface area (Å²) in [5.74, 6) is 0. The molecule has 2 aromatic rings. The average molecular weight is 363 g/mol. The second kappa shape index (κ2) is 6.15. The maximum atomic E-state index is 12.9. The Bertz CT molecular complexity index is 605. The largest absolute Gasteiger partial charge is 0.416 e. The molecule has 1 heterocycles. The molecule has 0 spiro atoms. The minimum Gasteiger partial charge on any atom is -0.305 e. The van der Waals surface area contributed by atoms with Gasteiger partial charge in [0.2, 0.25) is 0 Å². The van der Waals surface area contributed by atoms with E-state index in [9.17, 15) is 13.2 Å². The van der Waals surface area contributed by atoms with Crippen molar-refractivity contribution in [3.63, 3.8) is 0 Å². The lowest BCUT2D eigenvalue weighted by atomic mass is 10.0. The topological polar surface area (TPSA) is 42.7 Å². The van der Waals surface area contributed by atoms with Crippen LogP contribution in [0.2, 0.25) is 0 Å². The highest BCUT2D eigenvalue weighted by molar-refractivity contribution is 9.10. The number of halogens is 4. The van der Waals surface area contributed by atoms with Gasteiger partial charge < -0.3 is 5.32 Å². The van der Waals surface area contributed by atoms with Crippen molar-refractivity contribution in [2.24, 2.45) is 7.05 Å². The lowest BCUT2D eigenvalue weighted by Gasteiger charge is -2.20. The van der Waals surface area contributed by atoms with Crippen molar-refractivity contribution in [2.45, 2.75) is 19.1 Å². The average Bonchev–Trinajstić information content (AvgIpc) is 2.75. The Balaban J connectivity index is 2.49. The van der Waals surface area contributed by atoms with Crippen molar-refractivity contribution in [1.29, 1.82) is 0 Å². The predicted molar refractivity (Wildman–Crippen MR) is 75.7 cm³/mol. The van der Waals surface area contributed by atoms with Gasteiger partial charge in [-0.3, -0.25) is 0 Å². The van der Waals surface area contributed by atoms with Crippen molar-refractivity contribution in [3.05, 3.63) is 45.7 Å². The molecule has 1 N–H and O–H groups in total. The summed E-state index contributed by atoms with van der Waals surface area (Å²) in [6, 6.07) is 4.84. The van der Waals surface area contributed by atoms with Gasteiger partial charge in [0.25, 0.3) is 0 Å². The van der Waals surface area contributed by atoms with E-state index in [-0.39, 0.29) is 0 Å². The molecule has 0 aliphatic rings. The third-order valence-electron chi connectivity index (χ3n) is 3.06. The summed E-state index contributed by atoms with van der Waals surface area (Å²) in [6.45, 7) is 2.48. The van der Waals surface area contributed by atoms with Crippen molar-refractivity contribution in [1.82, 2.24) is 20.3 Å². The number of hydrogen-bond acceptors (Lipinski definition) is 3. The fraction of sp³-hybridized carbons (Fsp3) is 0.385. The van der Waals surface area contributed by atoms with Crippen LogP contribution in [-0.4, -0.2) is 21.5 Å². The van der Waals surface area contributed by atoms with Crippen LogP contribution in [-0.2, 0) is 13.2 Å². The fourth-order valence-corrected chi connectivity index (χ4v) is 2.67. The lowest BCUT2D eigenvalue weighted by Crippen LogP contribution is -2.25. The van der Waals surface area contributed by atoms with Crippen LogP contribution in [0.15, 0.2) is 28.9 Å². The van der Waals surface area contributed by atoms with Crippen molar-refractivity contribution < 1.29 is 13.2 Å². The van der Waals surface area contributed by atoms with Gasteiger partial charge in [0.05, 0.1) is 17.3 Å². The van der Waals surface area contributed by atoms with Gasteiger partial charge in [0.1, 0.15) is 0 Å². The Kier molecular flexibility index (Phi) is 4.67. The van der Waals surface area contributed by atoms with Crippen LogP contribution in [0.4, 0.5) is 13.2 Å². The van der Waals surface area contributed by atoms with Gasteiger partial charge in [-0.2, -0.15) is 13.2 Å². The van der Waals surface area contributed by atoms with Crippen LogP contribution in [0.25, 0.3) is 0 Å². The zero-order chi connectivity index (χ0) is 15.6. The number of aromatic nitrogens is 3. The lowest BCUT2D eigenvalue weighted by molar-refractivity contribution is -0.137. The van der Waals surface area contributed by atoms with E-state index in [4.69, 9.17) is 0 Å². The van der Waals surface area contributed by atoms with Gasteiger partial charge in [-0.25, -0.2) is 4.68 Å². The van der Waals surface area contributed by atoms with E-state index in [1.165, 1.54) is 10.7 Å². The van der Waals surface area contributed by atoms with Crippen LogP contribution in [0, 0.1) is 0 Å². The maximum absolute atomic E-state index is 12.9. The summed E-state index contributed by atoms with van der Waals surface area (Å²) in [5, 5.41) is 10.9. The standard InChI is InChI=1S/C13H14BrF3N4/c1-3-18-10(11-12(14)19-20-21(11)2)8-5-4-6-9(7-8)13(15,16)17/h4-7,10,18H,3H2,1-2H3. The molecule has 1 atom stereocenters. The summed E-state index contributed by atoms with van der Waals surface area (Å²) in [4.78, 5) is 0. The third kappa shape index (κ3) is 3.44. The van der Waals surface area contributed by atoms with E-state index < -0.39 is 17.8 Å². The quantitative estimate of drug-likeness (QED) is 0.907. The molecule has 0 aliphatic heterocycles. The number of aryl methyl sites for hydroxylation is 1. The zero-order valence-corrected chi connectivity index (χ0v) is 13.0. The molecule has 4 nitrogen and oxygen atoms in total. The Hall–Kier alpha value is -1.41. The Morgan fingerprint density at radius 3 is 2.62 bits per heavy atom. The summed E-state index contributed by atoms with van der Waals surface area (Å²) >= 11 is 3.29. The van der Waals surface area contributed by atoms with Crippen LogP contribution in [0.1, 0.15) is 29.8 Å². The van der Waals surface area contributed by atoms with Gasteiger partial charge in [-0.1, -0.05) is 24.3 Å². The highest BCUT2D eigenvalue weighted by atomic mass is 79.9. The summed E-state index contributed by atoms with van der Waals surface area (Å²) in [6.07, 6.45) is -4.37. The summed E-state index contributed by atoms with van der Waals surface area (Å²) in [7, 11) is 1.70. The van der Waals surface area contributed by atoms with E-state index in [1.807, 2.05) is 6.92 Å². The molecule has 8 heteroatoms. The van der Waals surface area contributed by atoms with Gasteiger partial charge in [0, 0.05) is 7.05 Å². The summed E-state index contributed by atoms with van der Waals surface area (Å²) < 4.78 is 40.6. The molecule has 21 heavy (non-hydrogen) atoms. The second-order valence-corrected chi connectivity index (χ2v) is 5.25. The number of nitrogens with one attached hydrogen (secondary N) is 1. The SMILES string of the molecule is CCNC(c1cccc(C(F)(F)F)c1)c1c(Br)nnn1C. The van der Waals surface area contributed by atoms with Gasteiger partial charge in [-0.15, -0.1) is 5.10 Å². The first-order valence-electron chi connectivity index (χ1n) is 6.30. The second-order valence-electron chi connectivity index (χ2n) is 4.50. The molecule has 0 amide bonds. The van der Waals surface area contributed by atoms with E-state index in [0.29, 0.717) is 22.4 Å². The smallest absolute Gasteiger partial charge is 0.305 e. The minimum atomic E-state index is -4.37. The van der Waals surface area contributed by atoms with Crippen LogP contribution in [0.3, 0.4) is 0 Å². The third-order valence-corrected chi connectivity index (χ3v) is 3.62. The van der Waals surface area contributed by atoms with E-state index in [2.05, 4.69) is 31.6 Å². The number of benzene rings is 1. The van der Waals surface area contributed by atoms with Crippen molar-refractivity contribution >= 4 is 15.9 Å². The highest BCUT2D eigenvalue weighted by Gasteiger charge is 2.31. The van der Waals surface area contributed by atoms with Gasteiger partial charge in [-0.05, 0) is 40.2 Å². The Morgan fingerprint density at radius 1 is 1.38 bits per heavy atom. The van der Waals surface area contributed by atoms with Crippen LogP contribution in [0.5, 0.6) is 0 Å². The minimum absolute atomic E-state index is 0.424. The molecular formula is C13H14BrF3N4. The van der Waals surface area contributed by atoms with E-state index >= 15 is 0 Å². The van der Waals surface area contributed by atoms with Crippen molar-refractivity contribution in [3.8, 4) is 0 Å². The number of alkyl halides is 3. The number of hydrogen-bond donors (Lipinski definition) is 1. The maximum Gasteiger partial charge on any atom is 0.416 e. The zero-order valence-electron chi connectivity index (χ0n) is 11.4. The molecule has 0 saturated carbocycles. The highest BCUT2D eigenvalue weighted by Crippen LogP contribution is 2.33. The molecule has 0 bridgehead atoms. The van der Waals surface area contributed by atoms with Crippen molar-refractivity contribution in [2.75, 3.05) is 6.54 Å². The molecule has 1 aromatic heterocycles.